The molecule has 0 unspecified atom stereocenters. The van der Waals surface area contributed by atoms with Crippen LogP contribution in [0.25, 0.3) is 10.9 Å². The molecule has 1 aliphatic rings. The van der Waals surface area contributed by atoms with E-state index in [9.17, 15) is 13.2 Å². The van der Waals surface area contributed by atoms with Gasteiger partial charge in [0.2, 0.25) is 0 Å². The van der Waals surface area contributed by atoms with Gasteiger partial charge in [-0.15, -0.1) is 0 Å². The van der Waals surface area contributed by atoms with Gasteiger partial charge < -0.3 is 9.30 Å². The Morgan fingerprint density at radius 2 is 1.72 bits per heavy atom. The Hall–Kier alpha value is -2.84. The van der Waals surface area contributed by atoms with Gasteiger partial charge in [0.15, 0.2) is 0 Å². The van der Waals surface area contributed by atoms with E-state index in [1.54, 1.807) is 12.1 Å². The van der Waals surface area contributed by atoms with E-state index in [1.807, 2.05) is 30.9 Å². The Bertz CT molecular complexity index is 1220. The lowest BCUT2D eigenvalue weighted by molar-refractivity contribution is -0.130. The third-order valence-corrected chi connectivity index (χ3v) is 7.52. The van der Waals surface area contributed by atoms with Crippen LogP contribution in [0.5, 0.6) is 5.75 Å². The van der Waals surface area contributed by atoms with Crippen LogP contribution in [0.15, 0.2) is 59.6 Å². The van der Waals surface area contributed by atoms with E-state index < -0.39 is 15.9 Å². The molecule has 7 nitrogen and oxygen atoms in total. The van der Waals surface area contributed by atoms with Crippen LogP contribution in [0, 0.1) is 6.92 Å². The van der Waals surface area contributed by atoms with Gasteiger partial charge in [0.1, 0.15) is 5.75 Å². The van der Waals surface area contributed by atoms with Crippen molar-refractivity contribution in [2.45, 2.75) is 38.3 Å². The van der Waals surface area contributed by atoms with Crippen LogP contribution in [0.2, 0.25) is 0 Å². The molecule has 32 heavy (non-hydrogen) atoms. The Morgan fingerprint density at radius 3 is 2.41 bits per heavy atom. The monoisotopic (exact) mass is 455 g/mol. The summed E-state index contributed by atoms with van der Waals surface area (Å²) in [6, 6.07) is 14.5. The molecule has 4 rings (SSSR count). The Labute approximate surface area is 189 Å². The van der Waals surface area contributed by atoms with Gasteiger partial charge in [-0.1, -0.05) is 18.2 Å². The van der Waals surface area contributed by atoms with Crippen LogP contribution in [0.1, 0.15) is 19.4 Å². The number of carbonyl (C=O) groups is 1. The molecule has 0 spiro atoms. The average Bonchev–Trinajstić information content (AvgIpc) is 3.08. The highest BCUT2D eigenvalue weighted by Gasteiger charge is 2.33. The van der Waals surface area contributed by atoms with Crippen molar-refractivity contribution in [1.29, 1.82) is 0 Å². The number of nitrogens with zero attached hydrogens (tertiary/aromatic N) is 3. The quantitative estimate of drug-likeness (QED) is 0.547. The lowest BCUT2D eigenvalue weighted by Gasteiger charge is -2.33. The number of para-hydroxylation sites is 1. The van der Waals surface area contributed by atoms with Crippen molar-refractivity contribution in [2.75, 3.05) is 26.2 Å². The molecule has 1 amide bonds. The van der Waals surface area contributed by atoms with Gasteiger partial charge in [0, 0.05) is 36.7 Å². The summed E-state index contributed by atoms with van der Waals surface area (Å²) in [7, 11) is -3.88. The summed E-state index contributed by atoms with van der Waals surface area (Å²) < 4.78 is 34.8. The minimum Gasteiger partial charge on any atom is -0.491 e. The third-order valence-electron chi connectivity index (χ3n) is 5.68. The Balaban J connectivity index is 1.40. The molecular weight excluding hydrogens is 426 g/mol. The number of piperazine rings is 1. The van der Waals surface area contributed by atoms with Crippen molar-refractivity contribution in [3.63, 3.8) is 0 Å². The maximum Gasteiger partial charge on any atom is 0.266 e. The van der Waals surface area contributed by atoms with Crippen LogP contribution >= 0.6 is 0 Å². The number of benzene rings is 2. The molecule has 2 aromatic carbocycles. The van der Waals surface area contributed by atoms with E-state index in [2.05, 4.69) is 29.8 Å². The zero-order valence-corrected chi connectivity index (χ0v) is 19.5. The van der Waals surface area contributed by atoms with Crippen molar-refractivity contribution in [3.8, 4) is 5.75 Å². The summed E-state index contributed by atoms with van der Waals surface area (Å²) >= 11 is 0. The maximum atomic E-state index is 13.0. The van der Waals surface area contributed by atoms with Crippen molar-refractivity contribution in [3.05, 3.63) is 60.3 Å². The van der Waals surface area contributed by atoms with Crippen LogP contribution in [0.3, 0.4) is 0 Å². The SMILES string of the molecule is Cc1cn(CCN2CCN(S(=O)(=O)c3ccc(OC(C)C)cc3)C(=O)C2)c2ccccc12. The number of hydrogen-bond donors (Lipinski definition) is 0. The number of hydrogen-bond acceptors (Lipinski definition) is 5. The lowest BCUT2D eigenvalue weighted by Crippen LogP contribution is -2.52. The fourth-order valence-electron chi connectivity index (χ4n) is 4.11. The predicted octanol–water partition coefficient (Wildman–Crippen LogP) is 3.27. The molecule has 0 bridgehead atoms. The first kappa shape index (κ1) is 22.4. The summed E-state index contributed by atoms with van der Waals surface area (Å²) in [6.07, 6.45) is 2.13. The molecule has 0 radical (unpaired) electrons. The molecule has 1 aliphatic heterocycles. The second-order valence-corrected chi connectivity index (χ2v) is 10.3. The van der Waals surface area contributed by atoms with Gasteiger partial charge in [-0.2, -0.15) is 0 Å². The number of aryl methyl sites for hydroxylation is 1. The van der Waals surface area contributed by atoms with Gasteiger partial charge >= 0.3 is 0 Å². The van der Waals surface area contributed by atoms with Gasteiger partial charge in [-0.3, -0.25) is 9.69 Å². The van der Waals surface area contributed by atoms with Crippen LogP contribution in [0.4, 0.5) is 0 Å². The Morgan fingerprint density at radius 1 is 1.00 bits per heavy atom. The van der Waals surface area contributed by atoms with Gasteiger partial charge in [0.05, 0.1) is 24.1 Å². The molecule has 3 aromatic rings. The molecule has 2 heterocycles. The topological polar surface area (TPSA) is 71.8 Å². The predicted molar refractivity (Wildman–Crippen MR) is 124 cm³/mol. The minimum absolute atomic E-state index is 0.000516. The van der Waals surface area contributed by atoms with Crippen molar-refractivity contribution in [1.82, 2.24) is 13.8 Å². The van der Waals surface area contributed by atoms with E-state index in [0.717, 1.165) is 10.8 Å². The van der Waals surface area contributed by atoms with Gasteiger partial charge in [-0.05, 0) is 56.7 Å². The molecule has 0 aliphatic carbocycles. The number of aromatic nitrogens is 1. The van der Waals surface area contributed by atoms with Gasteiger partial charge in [0.25, 0.3) is 15.9 Å². The lowest BCUT2D eigenvalue weighted by atomic mass is 10.2. The first-order chi connectivity index (χ1) is 15.3. The molecule has 170 valence electrons. The summed E-state index contributed by atoms with van der Waals surface area (Å²) in [5.41, 5.74) is 2.39. The van der Waals surface area contributed by atoms with E-state index in [4.69, 9.17) is 4.74 Å². The largest absolute Gasteiger partial charge is 0.491 e. The van der Waals surface area contributed by atoms with Crippen molar-refractivity contribution >= 4 is 26.8 Å². The zero-order valence-electron chi connectivity index (χ0n) is 18.7. The first-order valence-electron chi connectivity index (χ1n) is 10.8. The summed E-state index contributed by atoms with van der Waals surface area (Å²) in [4.78, 5) is 14.9. The van der Waals surface area contributed by atoms with E-state index >= 15 is 0 Å². The smallest absolute Gasteiger partial charge is 0.266 e. The minimum atomic E-state index is -3.88. The van der Waals surface area contributed by atoms with E-state index in [0.29, 0.717) is 18.8 Å². The first-order valence-corrected chi connectivity index (χ1v) is 12.3. The van der Waals surface area contributed by atoms with Crippen LogP contribution < -0.4 is 4.74 Å². The van der Waals surface area contributed by atoms with E-state index in [-0.39, 0.29) is 24.1 Å². The van der Waals surface area contributed by atoms with E-state index in [1.165, 1.54) is 28.6 Å². The molecule has 0 saturated carbocycles. The fraction of sp³-hybridized carbons (Fsp3) is 0.375. The van der Waals surface area contributed by atoms with Gasteiger partial charge in [-0.25, -0.2) is 12.7 Å². The summed E-state index contributed by atoms with van der Waals surface area (Å²) in [6.45, 7) is 8.07. The number of rotatable bonds is 7. The number of amides is 1. The second kappa shape index (κ2) is 8.96. The highest BCUT2D eigenvalue weighted by atomic mass is 32.2. The number of ether oxygens (including phenoxy) is 1. The van der Waals surface area contributed by atoms with Crippen LogP contribution in [-0.4, -0.2) is 60.4 Å². The summed E-state index contributed by atoms with van der Waals surface area (Å²) in [5.74, 6) is 0.204. The normalized spacial score (nSPS) is 15.6. The highest BCUT2D eigenvalue weighted by Crippen LogP contribution is 2.23. The molecule has 1 saturated heterocycles. The molecule has 0 N–H and O–H groups in total. The second-order valence-electron chi connectivity index (χ2n) is 8.41. The zero-order chi connectivity index (χ0) is 22.9. The number of carbonyl (C=O) groups excluding carboxylic acids is 1. The third kappa shape index (κ3) is 4.52. The fourth-order valence-corrected chi connectivity index (χ4v) is 5.49. The van der Waals surface area contributed by atoms with Crippen molar-refractivity contribution < 1.29 is 17.9 Å². The Kier molecular flexibility index (Phi) is 6.26. The molecule has 8 heteroatoms. The number of fused-ring (bicyclic) bond motifs is 1. The van der Waals surface area contributed by atoms with Crippen molar-refractivity contribution in [2.24, 2.45) is 0 Å². The standard InChI is InChI=1S/C24H29N3O4S/c1-18(2)31-20-8-10-21(11-9-20)32(29,30)27-15-13-25(17-24(27)28)12-14-26-16-19(3)22-6-4-5-7-23(22)26/h4-11,16,18H,12-15,17H2,1-3H3. The average molecular weight is 456 g/mol. The molecule has 1 aromatic heterocycles. The molecule has 1 fully saturated rings. The van der Waals surface area contributed by atoms with Crippen LogP contribution in [-0.2, 0) is 21.4 Å². The molecule has 0 atom stereocenters. The molecular formula is C24H29N3O4S. The number of sulfonamides is 1. The maximum absolute atomic E-state index is 13.0. The highest BCUT2D eigenvalue weighted by molar-refractivity contribution is 7.89. The summed E-state index contributed by atoms with van der Waals surface area (Å²) in [5, 5.41) is 1.23.